The number of carboxylic acids is 1. The van der Waals surface area contributed by atoms with E-state index in [4.69, 9.17) is 5.11 Å². The van der Waals surface area contributed by atoms with E-state index in [0.717, 1.165) is 15.7 Å². The summed E-state index contributed by atoms with van der Waals surface area (Å²) in [5, 5.41) is 8.84. The van der Waals surface area contributed by atoms with Gasteiger partial charge in [-0.1, -0.05) is 47.7 Å². The summed E-state index contributed by atoms with van der Waals surface area (Å²) < 4.78 is 1.02. The van der Waals surface area contributed by atoms with Crippen LogP contribution in [0.4, 0.5) is 5.69 Å². The van der Waals surface area contributed by atoms with Crippen molar-refractivity contribution in [2.75, 3.05) is 11.9 Å². The predicted octanol–water partition coefficient (Wildman–Crippen LogP) is 4.71. The molecule has 3 nitrogen and oxygen atoms in total. The van der Waals surface area contributed by atoms with E-state index in [1.54, 1.807) is 6.08 Å². The molecule has 1 saturated carbocycles. The number of carbonyl (C=O) groups is 1. The zero-order chi connectivity index (χ0) is 15.2. The maximum atomic E-state index is 10.8. The highest BCUT2D eigenvalue weighted by Crippen LogP contribution is 2.30. The van der Waals surface area contributed by atoms with Crippen LogP contribution in [0.15, 0.2) is 28.7 Å². The number of rotatable bonds is 4. The highest BCUT2D eigenvalue weighted by atomic mass is 79.9. The Bertz CT molecular complexity index is 520. The van der Waals surface area contributed by atoms with Crippen molar-refractivity contribution in [1.29, 1.82) is 0 Å². The monoisotopic (exact) mass is 351 g/mol. The third-order valence-corrected chi connectivity index (χ3v) is 4.64. The lowest BCUT2D eigenvalue weighted by molar-refractivity contribution is -0.131. The van der Waals surface area contributed by atoms with E-state index in [1.807, 2.05) is 12.1 Å². The third kappa shape index (κ3) is 4.60. The zero-order valence-corrected chi connectivity index (χ0v) is 14.0. The molecular formula is C17H22BrNO2. The van der Waals surface area contributed by atoms with Crippen LogP contribution in [-0.2, 0) is 4.79 Å². The smallest absolute Gasteiger partial charge is 0.328 e. The second-order valence-corrected chi connectivity index (χ2v) is 6.55. The summed E-state index contributed by atoms with van der Waals surface area (Å²) in [5.74, 6) is -0.916. The average Bonchev–Trinajstić information content (AvgIpc) is 2.74. The van der Waals surface area contributed by atoms with Gasteiger partial charge in [0.15, 0.2) is 0 Å². The van der Waals surface area contributed by atoms with Crippen molar-refractivity contribution in [2.24, 2.45) is 0 Å². The summed E-state index contributed by atoms with van der Waals surface area (Å²) in [5.41, 5.74) is 2.04. The van der Waals surface area contributed by atoms with Crippen molar-refractivity contribution >= 4 is 33.7 Å². The molecule has 0 aliphatic heterocycles. The highest BCUT2D eigenvalue weighted by Gasteiger charge is 2.19. The molecule has 1 aromatic carbocycles. The van der Waals surface area contributed by atoms with Crippen LogP contribution in [0.25, 0.3) is 6.08 Å². The van der Waals surface area contributed by atoms with Crippen LogP contribution in [0, 0.1) is 0 Å². The van der Waals surface area contributed by atoms with E-state index in [0.29, 0.717) is 6.04 Å². The quantitative estimate of drug-likeness (QED) is 0.630. The minimum Gasteiger partial charge on any atom is -0.478 e. The molecule has 0 atom stereocenters. The van der Waals surface area contributed by atoms with Crippen LogP contribution < -0.4 is 4.90 Å². The summed E-state index contributed by atoms with van der Waals surface area (Å²) in [6, 6.07) is 6.53. The van der Waals surface area contributed by atoms with Gasteiger partial charge in [0, 0.05) is 29.3 Å². The van der Waals surface area contributed by atoms with Crippen LogP contribution in [-0.4, -0.2) is 24.2 Å². The Hall–Kier alpha value is -1.29. The first kappa shape index (κ1) is 16.1. The molecule has 0 aromatic heterocycles. The van der Waals surface area contributed by atoms with E-state index in [-0.39, 0.29) is 0 Å². The maximum Gasteiger partial charge on any atom is 0.328 e. The molecule has 0 unspecified atom stereocenters. The summed E-state index contributed by atoms with van der Waals surface area (Å²) in [7, 11) is 2.12. The van der Waals surface area contributed by atoms with Crippen molar-refractivity contribution in [2.45, 2.75) is 44.6 Å². The van der Waals surface area contributed by atoms with Crippen molar-refractivity contribution in [3.63, 3.8) is 0 Å². The van der Waals surface area contributed by atoms with Crippen molar-refractivity contribution in [1.82, 2.24) is 0 Å². The Balaban J connectivity index is 2.27. The van der Waals surface area contributed by atoms with E-state index < -0.39 is 5.97 Å². The lowest BCUT2D eigenvalue weighted by Crippen LogP contribution is -2.31. The average molecular weight is 352 g/mol. The van der Waals surface area contributed by atoms with E-state index in [9.17, 15) is 4.79 Å². The molecule has 0 saturated heterocycles. The Kier molecular flexibility index (Phi) is 5.85. The Morgan fingerprint density at radius 1 is 1.29 bits per heavy atom. The number of halogens is 1. The lowest BCUT2D eigenvalue weighted by Gasteiger charge is -2.30. The molecular weight excluding hydrogens is 330 g/mol. The van der Waals surface area contributed by atoms with E-state index >= 15 is 0 Å². The topological polar surface area (TPSA) is 40.5 Å². The van der Waals surface area contributed by atoms with Gasteiger partial charge in [0.1, 0.15) is 0 Å². The molecule has 0 spiro atoms. The van der Waals surface area contributed by atoms with E-state index in [2.05, 4.69) is 33.9 Å². The first-order valence-electron chi connectivity index (χ1n) is 7.51. The molecule has 1 aliphatic carbocycles. The summed E-state index contributed by atoms with van der Waals surface area (Å²) in [6.45, 7) is 0. The second-order valence-electron chi connectivity index (χ2n) is 5.63. The van der Waals surface area contributed by atoms with Gasteiger partial charge in [0.25, 0.3) is 0 Å². The molecule has 1 aromatic rings. The van der Waals surface area contributed by atoms with Gasteiger partial charge in [0.2, 0.25) is 0 Å². The maximum absolute atomic E-state index is 10.8. The largest absolute Gasteiger partial charge is 0.478 e. The summed E-state index contributed by atoms with van der Waals surface area (Å²) in [6.07, 6.45) is 10.5. The normalized spacial score (nSPS) is 16.9. The number of nitrogens with zero attached hydrogens (tertiary/aromatic N) is 1. The molecule has 0 bridgehead atoms. The minimum atomic E-state index is -0.916. The fourth-order valence-corrected chi connectivity index (χ4v) is 3.32. The van der Waals surface area contributed by atoms with Crippen LogP contribution in [0.1, 0.15) is 44.1 Å². The van der Waals surface area contributed by atoms with Crippen molar-refractivity contribution in [3.8, 4) is 0 Å². The second kappa shape index (κ2) is 7.64. The summed E-state index contributed by atoms with van der Waals surface area (Å²) in [4.78, 5) is 13.1. The zero-order valence-electron chi connectivity index (χ0n) is 12.4. The SMILES string of the molecule is CN(c1cc(Br)ccc1/C=C/C(=O)O)C1CCCCCC1. The Morgan fingerprint density at radius 2 is 1.95 bits per heavy atom. The van der Waals surface area contributed by atoms with Crippen LogP contribution in [0.5, 0.6) is 0 Å². The lowest BCUT2D eigenvalue weighted by atomic mass is 10.0. The summed E-state index contributed by atoms with van der Waals surface area (Å²) >= 11 is 3.52. The van der Waals surface area contributed by atoms with Gasteiger partial charge in [-0.05, 0) is 36.6 Å². The molecule has 4 heteroatoms. The highest BCUT2D eigenvalue weighted by molar-refractivity contribution is 9.10. The van der Waals surface area contributed by atoms with Gasteiger partial charge in [0.05, 0.1) is 0 Å². The van der Waals surface area contributed by atoms with Crippen LogP contribution in [0.2, 0.25) is 0 Å². The van der Waals surface area contributed by atoms with Crippen molar-refractivity contribution < 1.29 is 9.90 Å². The Labute approximate surface area is 134 Å². The molecule has 1 N–H and O–H groups in total. The standard InChI is InChI=1S/C17H22BrNO2/c1-19(15-6-4-2-3-5-7-15)16-12-14(18)10-8-13(16)9-11-17(20)21/h8-12,15H,2-7H2,1H3,(H,20,21)/b11-9+. The first-order valence-corrected chi connectivity index (χ1v) is 8.30. The van der Waals surface area contributed by atoms with Gasteiger partial charge in [-0.2, -0.15) is 0 Å². The minimum absolute atomic E-state index is 0.541. The predicted molar refractivity (Wildman–Crippen MR) is 90.7 cm³/mol. The molecule has 0 amide bonds. The Morgan fingerprint density at radius 3 is 2.57 bits per heavy atom. The number of hydrogen-bond acceptors (Lipinski definition) is 2. The third-order valence-electron chi connectivity index (χ3n) is 4.15. The van der Waals surface area contributed by atoms with Gasteiger partial charge in [-0.15, -0.1) is 0 Å². The molecule has 1 fully saturated rings. The van der Waals surface area contributed by atoms with Crippen LogP contribution >= 0.6 is 15.9 Å². The number of hydrogen-bond donors (Lipinski definition) is 1. The fraction of sp³-hybridized carbons (Fsp3) is 0.471. The van der Waals surface area contributed by atoms with Gasteiger partial charge < -0.3 is 10.0 Å². The van der Waals surface area contributed by atoms with Crippen LogP contribution in [0.3, 0.4) is 0 Å². The molecule has 21 heavy (non-hydrogen) atoms. The number of aliphatic carboxylic acids is 1. The number of anilines is 1. The van der Waals surface area contributed by atoms with Gasteiger partial charge >= 0.3 is 5.97 Å². The molecule has 114 valence electrons. The van der Waals surface area contributed by atoms with Gasteiger partial charge in [-0.25, -0.2) is 4.79 Å². The molecule has 0 radical (unpaired) electrons. The number of carboxylic acid groups (broad SMARTS) is 1. The first-order chi connectivity index (χ1) is 10.1. The fourth-order valence-electron chi connectivity index (χ4n) is 2.97. The molecule has 1 aliphatic rings. The molecule has 0 heterocycles. The molecule has 2 rings (SSSR count). The number of benzene rings is 1. The van der Waals surface area contributed by atoms with E-state index in [1.165, 1.54) is 44.6 Å². The van der Waals surface area contributed by atoms with Gasteiger partial charge in [-0.3, -0.25) is 0 Å². The van der Waals surface area contributed by atoms with Crippen molar-refractivity contribution in [3.05, 3.63) is 34.3 Å².